The molecule has 41 heteroatoms. The standard InChI is InChI=1S/C50H62FN17O19P2S2/c1-24(2)34(64-30(69)12-14-66-31(70)10-11-32(66)71)45(73)63-27(5-4-13-55-48(54)74)44(72)62-26-8-6-25(7-9-26)17-80-49(75)65(3)15-16-79-50(76)85-39-38-29(84-47(39)68-23-61-36-41(53)57-21-59-43(36)68)19-82-88(77,90)86-37-28(18-81-89(78,91)87-38)83-46(33(37)51)67-22-60-35-40(52)56-20-58-42(35)67/h6-11,20-24,27-29,33-34,37-39,46-47H,4-5,12-19H2,1-3H3,(H,62,72)(H,63,73)(H,64,69)(H,77,90)(H,78,91)(H2,52,56,58)(H2,53,57,59)(H3,54,55,74)/t27-,28+,29+,33+,34-,37+,38+,39+,46+,47+,88?,89?/m0/s1. The van der Waals surface area contributed by atoms with Gasteiger partial charge in [-0.15, -0.1) is 0 Å². The Balaban J connectivity index is 0.797. The van der Waals surface area contributed by atoms with Crippen molar-refractivity contribution in [3.8, 4) is 0 Å². The number of nitrogen functional groups attached to an aromatic ring is 2. The van der Waals surface area contributed by atoms with Crippen LogP contribution in [0, 0.1) is 5.92 Å². The number of carbonyl (C=O) groups excluding carboxylic acids is 8. The van der Waals surface area contributed by atoms with Gasteiger partial charge in [-0.1, -0.05) is 38.2 Å². The lowest BCUT2D eigenvalue weighted by molar-refractivity contribution is -0.137. The molecule has 4 aliphatic rings. The van der Waals surface area contributed by atoms with Crippen molar-refractivity contribution in [1.82, 2.24) is 64.8 Å². The van der Waals surface area contributed by atoms with E-state index in [0.717, 1.165) is 34.6 Å². The number of benzene rings is 1. The lowest BCUT2D eigenvalue weighted by Gasteiger charge is -2.30. The van der Waals surface area contributed by atoms with Crippen LogP contribution in [0.15, 0.2) is 61.7 Å². The summed E-state index contributed by atoms with van der Waals surface area (Å²) in [6.45, 7) is -8.41. The molecule has 1 aromatic carbocycles. The SMILES string of the molecule is CC(C)[C@H](NC(=O)CCN1C(=O)C=CC1=O)C(=O)N[C@@H](CCCNC(N)=O)C(=O)Nc1ccc(COC(=O)N(C)CCOC(=O)O[C@@H]2[C@@H]3OP(O)(=S)OC[C@H]4O[C@@H](n5cnc6c(N)ncnc65)[C@H](F)[C@@H]4OP(=O)(S)OC[C@H]3O[C@H]2n2cnc3c(N)ncnc32)cc1. The Hall–Kier alpha value is -8.10. The molecular weight excluding hydrogens is 1290 g/mol. The average Bonchev–Trinajstić information content (AvgIpc) is 2.26. The Bertz CT molecular complexity index is 3690. The first-order valence-corrected chi connectivity index (χ1v) is 32.9. The molecule has 91 heavy (non-hydrogen) atoms. The number of hydrogen-bond donors (Lipinski definition) is 9. The van der Waals surface area contributed by atoms with E-state index in [1.54, 1.807) is 26.0 Å². The maximum absolute atomic E-state index is 16.5. The highest BCUT2D eigenvalue weighted by molar-refractivity contribution is 8.44. The smallest absolute Gasteiger partial charge is 0.445 e. The molecule has 0 bridgehead atoms. The minimum atomic E-state index is -4.60. The van der Waals surface area contributed by atoms with Crippen LogP contribution in [0.5, 0.6) is 0 Å². The maximum Gasteiger partial charge on any atom is 0.508 e. The molecule has 3 fully saturated rings. The number of thiol groups is 1. The largest absolute Gasteiger partial charge is 0.508 e. The van der Waals surface area contributed by atoms with Crippen molar-refractivity contribution in [2.45, 2.75) is 101 Å². The van der Waals surface area contributed by atoms with Gasteiger partial charge in [0.15, 0.2) is 47.7 Å². The van der Waals surface area contributed by atoms with Crippen molar-refractivity contribution < 1.29 is 94.0 Å². The summed E-state index contributed by atoms with van der Waals surface area (Å²) in [6.07, 6.45) is -8.54. The summed E-state index contributed by atoms with van der Waals surface area (Å²) in [5, 5.41) is 10.4. The minimum absolute atomic E-state index is 0.00104. The van der Waals surface area contributed by atoms with Crippen molar-refractivity contribution >= 4 is 125 Å². The van der Waals surface area contributed by atoms with Gasteiger partial charge in [-0.3, -0.25) is 51.6 Å². The van der Waals surface area contributed by atoms with Crippen LogP contribution in [0.2, 0.25) is 0 Å². The lowest BCUT2D eigenvalue weighted by Crippen LogP contribution is -2.54. The molecule has 2 unspecified atom stereocenters. The topological polar surface area (TPSA) is 477 Å². The van der Waals surface area contributed by atoms with Gasteiger partial charge in [0.25, 0.3) is 11.8 Å². The number of aromatic nitrogens is 8. The summed E-state index contributed by atoms with van der Waals surface area (Å²) in [5.41, 5.74) is 18.3. The van der Waals surface area contributed by atoms with Gasteiger partial charge >= 0.3 is 31.8 Å². The summed E-state index contributed by atoms with van der Waals surface area (Å²) < 4.78 is 84.9. The first kappa shape index (κ1) is 67.3. The molecule has 11 N–H and O–H groups in total. The van der Waals surface area contributed by atoms with Gasteiger partial charge in [-0.05, 0) is 48.3 Å². The number of ether oxygens (including phenoxy) is 5. The number of urea groups is 1. The van der Waals surface area contributed by atoms with Gasteiger partial charge in [0, 0.05) is 44.4 Å². The molecular formula is C50H62FN17O19P2S2. The van der Waals surface area contributed by atoms with Gasteiger partial charge in [-0.2, -0.15) is 0 Å². The second-order valence-corrected chi connectivity index (χ2v) is 26.6. The van der Waals surface area contributed by atoms with Crippen LogP contribution in [-0.4, -0.2) is 197 Å². The molecule has 4 aliphatic heterocycles. The number of halogens is 1. The number of amides is 8. The average molecular weight is 1350 g/mol. The fraction of sp³-hybridized carbons (Fsp3) is 0.480. The predicted molar refractivity (Wildman–Crippen MR) is 317 cm³/mol. The first-order valence-electron chi connectivity index (χ1n) is 27.7. The number of nitrogens with zero attached hydrogens (tertiary/aromatic N) is 10. The predicted octanol–water partition coefficient (Wildman–Crippen LogP) is 1.15. The molecule has 0 saturated carbocycles. The zero-order valence-electron chi connectivity index (χ0n) is 48.3. The van der Waals surface area contributed by atoms with Crippen LogP contribution in [0.3, 0.4) is 0 Å². The molecule has 4 aromatic heterocycles. The highest BCUT2D eigenvalue weighted by Gasteiger charge is 2.55. The Morgan fingerprint density at radius 3 is 2.11 bits per heavy atom. The molecule has 9 rings (SSSR count). The van der Waals surface area contributed by atoms with Gasteiger partial charge < -0.3 is 76.5 Å². The minimum Gasteiger partial charge on any atom is -0.445 e. The monoisotopic (exact) mass is 1350 g/mol. The number of imide groups is 1. The number of likely N-dealkylation sites (N-methyl/N-ethyl adjacent to an activating group) is 1. The third-order valence-corrected chi connectivity index (χ3v) is 17.5. The van der Waals surface area contributed by atoms with Gasteiger partial charge in [-0.25, -0.2) is 53.2 Å². The van der Waals surface area contributed by atoms with Crippen LogP contribution >= 0.6 is 25.8 Å². The number of imidazole rings is 2. The Morgan fingerprint density at radius 2 is 1.47 bits per heavy atom. The molecule has 12 atom stereocenters. The normalized spacial score (nSPS) is 25.6. The maximum atomic E-state index is 16.5. The fourth-order valence-corrected chi connectivity index (χ4v) is 12.6. The quantitative estimate of drug-likeness (QED) is 0.0164. The lowest BCUT2D eigenvalue weighted by atomic mass is 10.0. The van der Waals surface area contributed by atoms with E-state index in [4.69, 9.17) is 70.8 Å². The van der Waals surface area contributed by atoms with Crippen molar-refractivity contribution in [3.05, 3.63) is 67.3 Å². The Morgan fingerprint density at radius 1 is 0.857 bits per heavy atom. The van der Waals surface area contributed by atoms with E-state index in [0.29, 0.717) is 5.56 Å². The highest BCUT2D eigenvalue weighted by Crippen LogP contribution is 2.59. The summed E-state index contributed by atoms with van der Waals surface area (Å²) in [7, 11) is 1.35. The van der Waals surface area contributed by atoms with E-state index < -0.39 is 148 Å². The van der Waals surface area contributed by atoms with E-state index in [-0.39, 0.29) is 85.2 Å². The van der Waals surface area contributed by atoms with Crippen LogP contribution in [0.4, 0.5) is 36.1 Å². The number of fused-ring (bicyclic) bond motifs is 4. The molecule has 8 amide bonds. The number of alkyl halides is 1. The highest BCUT2D eigenvalue weighted by atomic mass is 32.7. The van der Waals surface area contributed by atoms with Gasteiger partial charge in [0.05, 0.1) is 32.4 Å². The fourth-order valence-electron chi connectivity index (χ4n) is 9.68. The molecule has 3 saturated heterocycles. The van der Waals surface area contributed by atoms with E-state index in [1.165, 1.54) is 41.0 Å². The summed E-state index contributed by atoms with van der Waals surface area (Å²) in [5.74, 6) is -3.61. The number of nitrogens with two attached hydrogens (primary N) is 3. The molecule has 0 aliphatic carbocycles. The van der Waals surface area contributed by atoms with Crippen molar-refractivity contribution in [2.24, 2.45) is 11.7 Å². The number of anilines is 3. The van der Waals surface area contributed by atoms with Crippen LogP contribution in [-0.2, 0) is 88.7 Å². The second kappa shape index (κ2) is 29.0. The number of carbonyl (C=O) groups is 8. The molecule has 490 valence electrons. The van der Waals surface area contributed by atoms with Crippen LogP contribution in [0.1, 0.15) is 51.1 Å². The zero-order valence-corrected chi connectivity index (χ0v) is 51.8. The molecule has 5 aromatic rings. The van der Waals surface area contributed by atoms with Crippen molar-refractivity contribution in [3.63, 3.8) is 0 Å². The molecule has 8 heterocycles. The van der Waals surface area contributed by atoms with E-state index in [9.17, 15) is 47.8 Å². The van der Waals surface area contributed by atoms with Crippen LogP contribution < -0.4 is 38.5 Å². The van der Waals surface area contributed by atoms with Crippen molar-refractivity contribution in [2.75, 3.05) is 63.3 Å². The van der Waals surface area contributed by atoms with E-state index in [1.807, 2.05) is 0 Å². The number of hydrogen-bond acceptors (Lipinski definition) is 27. The Kier molecular flexibility index (Phi) is 21.5. The van der Waals surface area contributed by atoms with Crippen molar-refractivity contribution in [1.29, 1.82) is 0 Å². The summed E-state index contributed by atoms with van der Waals surface area (Å²) in [6, 6.07) is 3.01. The molecule has 0 spiro atoms. The van der Waals surface area contributed by atoms with Gasteiger partial charge in [0.2, 0.25) is 17.7 Å². The third-order valence-electron chi connectivity index (χ3n) is 14.3. The Labute approximate surface area is 525 Å². The van der Waals surface area contributed by atoms with Gasteiger partial charge in [0.1, 0.15) is 73.4 Å². The molecule has 36 nitrogen and oxygen atoms in total. The van der Waals surface area contributed by atoms with E-state index >= 15 is 4.39 Å². The number of primary amides is 1. The summed E-state index contributed by atoms with van der Waals surface area (Å²) >= 11 is 9.55. The van der Waals surface area contributed by atoms with E-state index in [2.05, 4.69) is 63.4 Å². The van der Waals surface area contributed by atoms with Crippen LogP contribution in [0.25, 0.3) is 22.3 Å². The molecule has 0 radical (unpaired) electrons. The third kappa shape index (κ3) is 16.5. The second-order valence-electron chi connectivity index (χ2n) is 20.9. The first-order chi connectivity index (χ1) is 43.3. The summed E-state index contributed by atoms with van der Waals surface area (Å²) in [4.78, 5) is 140. The number of rotatable bonds is 21. The number of nitrogens with one attached hydrogen (secondary N) is 4. The zero-order chi connectivity index (χ0) is 65.5.